The molecular weight excluding hydrogens is 270 g/mol. The molecule has 0 aliphatic rings. The van der Waals surface area contributed by atoms with Crippen LogP contribution in [-0.2, 0) is 24.2 Å². The van der Waals surface area contributed by atoms with Crippen LogP contribution in [0.4, 0.5) is 5.13 Å². The van der Waals surface area contributed by atoms with E-state index in [1.807, 2.05) is 5.38 Å². The van der Waals surface area contributed by atoms with Crippen molar-refractivity contribution in [1.29, 1.82) is 0 Å². The molecule has 20 heavy (non-hydrogen) atoms. The second-order valence-corrected chi connectivity index (χ2v) is 5.56. The number of hydrogen-bond acceptors (Lipinski definition) is 4. The molecule has 1 aromatic carbocycles. The molecule has 0 saturated heterocycles. The molecule has 0 fully saturated rings. The number of aromatic nitrogens is 1. The average molecular weight is 289 g/mol. The Bertz CT molecular complexity index is 563. The zero-order chi connectivity index (χ0) is 14.4. The first kappa shape index (κ1) is 14.7. The van der Waals surface area contributed by atoms with E-state index in [9.17, 15) is 4.79 Å². The Hall–Kier alpha value is -1.72. The minimum atomic E-state index is -0.0779. The maximum atomic E-state index is 10.9. The summed E-state index contributed by atoms with van der Waals surface area (Å²) in [6.45, 7) is 2.08. The number of nitrogens with zero attached hydrogens (tertiary/aromatic N) is 1. The number of benzene rings is 1. The van der Waals surface area contributed by atoms with Gasteiger partial charge in [0, 0.05) is 18.8 Å². The Kier molecular flexibility index (Phi) is 5.26. The molecule has 106 valence electrons. The minimum absolute atomic E-state index is 0.0779. The van der Waals surface area contributed by atoms with Crippen LogP contribution < -0.4 is 11.1 Å². The monoisotopic (exact) mass is 289 g/mol. The van der Waals surface area contributed by atoms with Gasteiger partial charge in [-0.3, -0.25) is 4.79 Å². The van der Waals surface area contributed by atoms with Crippen LogP contribution in [0.3, 0.4) is 0 Å². The number of carbonyl (C=O) groups excluding carboxylic acids is 1. The highest BCUT2D eigenvalue weighted by Gasteiger charge is 2.03. The van der Waals surface area contributed by atoms with Crippen LogP contribution in [0.25, 0.3) is 0 Å². The molecule has 0 aliphatic carbocycles. The smallest absolute Gasteiger partial charge is 0.223 e. The van der Waals surface area contributed by atoms with E-state index in [0.717, 1.165) is 30.5 Å². The lowest BCUT2D eigenvalue weighted by Gasteiger charge is -2.02. The highest BCUT2D eigenvalue weighted by molar-refractivity contribution is 7.13. The Morgan fingerprint density at radius 3 is 2.60 bits per heavy atom. The number of thiazole rings is 1. The summed E-state index contributed by atoms with van der Waals surface area (Å²) in [6, 6.07) is 8.41. The van der Waals surface area contributed by atoms with Crippen molar-refractivity contribution in [3.8, 4) is 0 Å². The third-order valence-corrected chi connectivity index (χ3v) is 3.80. The van der Waals surface area contributed by atoms with Crippen molar-refractivity contribution in [3.05, 3.63) is 46.5 Å². The van der Waals surface area contributed by atoms with Gasteiger partial charge in [0.2, 0.25) is 5.91 Å². The van der Waals surface area contributed by atoms with E-state index in [-0.39, 0.29) is 5.91 Å². The molecule has 0 saturated carbocycles. The van der Waals surface area contributed by atoms with Crippen LogP contribution in [0.2, 0.25) is 0 Å². The van der Waals surface area contributed by atoms with Crippen molar-refractivity contribution < 1.29 is 4.79 Å². The number of aryl methyl sites for hydroxylation is 2. The highest BCUT2D eigenvalue weighted by Crippen LogP contribution is 2.17. The van der Waals surface area contributed by atoms with Gasteiger partial charge in [-0.1, -0.05) is 24.3 Å². The molecule has 0 spiro atoms. The third-order valence-electron chi connectivity index (χ3n) is 2.99. The van der Waals surface area contributed by atoms with E-state index in [4.69, 9.17) is 5.73 Å². The summed E-state index contributed by atoms with van der Waals surface area (Å²) in [6.07, 6.45) is 3.00. The lowest BCUT2D eigenvalue weighted by Crippen LogP contribution is -2.05. The molecule has 5 heteroatoms. The molecule has 1 aromatic heterocycles. The van der Waals surface area contributed by atoms with Crippen LogP contribution in [-0.4, -0.2) is 10.9 Å². The number of amides is 1. The number of carbonyl (C=O) groups is 1. The van der Waals surface area contributed by atoms with Crippen molar-refractivity contribution in [2.75, 3.05) is 5.32 Å². The first-order valence-electron chi connectivity index (χ1n) is 6.67. The predicted molar refractivity (Wildman–Crippen MR) is 82.8 cm³/mol. The molecule has 2 rings (SSSR count). The van der Waals surface area contributed by atoms with Gasteiger partial charge in [0.15, 0.2) is 5.13 Å². The van der Waals surface area contributed by atoms with Gasteiger partial charge >= 0.3 is 0 Å². The van der Waals surface area contributed by atoms with Gasteiger partial charge in [-0.2, -0.15) is 0 Å². The van der Waals surface area contributed by atoms with Crippen molar-refractivity contribution >= 4 is 22.4 Å². The lowest BCUT2D eigenvalue weighted by atomic mass is 10.1. The van der Waals surface area contributed by atoms with E-state index >= 15 is 0 Å². The van der Waals surface area contributed by atoms with Gasteiger partial charge in [-0.25, -0.2) is 4.98 Å². The molecule has 0 atom stereocenters. The maximum absolute atomic E-state index is 10.9. The molecule has 1 heterocycles. The molecule has 0 aliphatic heterocycles. The van der Waals surface area contributed by atoms with Crippen molar-refractivity contribution in [2.45, 2.75) is 32.7 Å². The number of hydrogen-bond donors (Lipinski definition) is 2. The van der Waals surface area contributed by atoms with Crippen LogP contribution in [0.5, 0.6) is 0 Å². The fourth-order valence-corrected chi connectivity index (χ4v) is 2.74. The molecule has 2 aromatic rings. The summed E-state index contributed by atoms with van der Waals surface area (Å²) in [5.74, 6) is -0.0779. The summed E-state index contributed by atoms with van der Waals surface area (Å²) >= 11 is 1.47. The second kappa shape index (κ2) is 7.17. The standard InChI is InChI=1S/C15H19N3OS/c1-11(19)17-15-18-14(10-20-15)4-2-3-12-5-7-13(9-16)8-6-12/h5-8,10H,2-4,9,16H2,1H3,(H,17,18,19). The maximum Gasteiger partial charge on any atom is 0.223 e. The van der Waals surface area contributed by atoms with E-state index in [1.165, 1.54) is 23.8 Å². The third kappa shape index (κ3) is 4.43. The van der Waals surface area contributed by atoms with Gasteiger partial charge in [-0.05, 0) is 30.4 Å². The molecule has 0 unspecified atom stereocenters. The first-order valence-corrected chi connectivity index (χ1v) is 7.55. The molecule has 4 nitrogen and oxygen atoms in total. The van der Waals surface area contributed by atoms with Gasteiger partial charge < -0.3 is 11.1 Å². The zero-order valence-corrected chi connectivity index (χ0v) is 12.4. The summed E-state index contributed by atoms with van der Waals surface area (Å²) < 4.78 is 0. The van der Waals surface area contributed by atoms with Crippen LogP contribution in [0.15, 0.2) is 29.6 Å². The van der Waals surface area contributed by atoms with E-state index in [1.54, 1.807) is 0 Å². The van der Waals surface area contributed by atoms with E-state index in [2.05, 4.69) is 34.6 Å². The van der Waals surface area contributed by atoms with Crippen molar-refractivity contribution in [2.24, 2.45) is 5.73 Å². The normalized spacial score (nSPS) is 10.5. The zero-order valence-electron chi connectivity index (χ0n) is 11.6. The van der Waals surface area contributed by atoms with Crippen molar-refractivity contribution in [1.82, 2.24) is 4.98 Å². The molecular formula is C15H19N3OS. The number of nitrogens with two attached hydrogens (primary N) is 1. The predicted octanol–water partition coefficient (Wildman–Crippen LogP) is 2.74. The largest absolute Gasteiger partial charge is 0.326 e. The molecule has 1 amide bonds. The molecule has 3 N–H and O–H groups in total. The van der Waals surface area contributed by atoms with Crippen LogP contribution in [0, 0.1) is 0 Å². The van der Waals surface area contributed by atoms with E-state index in [0.29, 0.717) is 11.7 Å². The lowest BCUT2D eigenvalue weighted by molar-refractivity contribution is -0.114. The second-order valence-electron chi connectivity index (χ2n) is 4.70. The topological polar surface area (TPSA) is 68.0 Å². The average Bonchev–Trinajstić information content (AvgIpc) is 2.86. The SMILES string of the molecule is CC(=O)Nc1nc(CCCc2ccc(CN)cc2)cs1. The Balaban J connectivity index is 1.80. The van der Waals surface area contributed by atoms with Gasteiger partial charge in [0.25, 0.3) is 0 Å². The summed E-state index contributed by atoms with van der Waals surface area (Å²) in [7, 11) is 0. The minimum Gasteiger partial charge on any atom is -0.326 e. The summed E-state index contributed by atoms with van der Waals surface area (Å²) in [5, 5.41) is 5.39. The molecule has 0 radical (unpaired) electrons. The van der Waals surface area contributed by atoms with E-state index < -0.39 is 0 Å². The fraction of sp³-hybridized carbons (Fsp3) is 0.333. The highest BCUT2D eigenvalue weighted by atomic mass is 32.1. The van der Waals surface area contributed by atoms with Gasteiger partial charge in [-0.15, -0.1) is 11.3 Å². The fourth-order valence-electron chi connectivity index (χ4n) is 1.95. The number of nitrogens with one attached hydrogen (secondary N) is 1. The van der Waals surface area contributed by atoms with Gasteiger partial charge in [0.1, 0.15) is 0 Å². The van der Waals surface area contributed by atoms with Gasteiger partial charge in [0.05, 0.1) is 5.69 Å². The summed E-state index contributed by atoms with van der Waals surface area (Å²) in [5.41, 5.74) is 9.09. The Labute approximate surface area is 123 Å². The first-order chi connectivity index (χ1) is 9.67. The van der Waals surface area contributed by atoms with Crippen molar-refractivity contribution in [3.63, 3.8) is 0 Å². The Morgan fingerprint density at radius 1 is 1.25 bits per heavy atom. The molecule has 0 bridgehead atoms. The van der Waals surface area contributed by atoms with Crippen LogP contribution in [0.1, 0.15) is 30.2 Å². The van der Waals surface area contributed by atoms with Crippen LogP contribution >= 0.6 is 11.3 Å². The number of anilines is 1. The summed E-state index contributed by atoms with van der Waals surface area (Å²) in [4.78, 5) is 15.3. The number of rotatable bonds is 6. The quantitative estimate of drug-likeness (QED) is 0.859. The Morgan fingerprint density at radius 2 is 1.95 bits per heavy atom.